The molecule has 17 heavy (non-hydrogen) atoms. The lowest BCUT2D eigenvalue weighted by Gasteiger charge is -2.25. The van der Waals surface area contributed by atoms with Crippen LogP contribution >= 0.6 is 0 Å². The van der Waals surface area contributed by atoms with Crippen LogP contribution in [0.2, 0.25) is 0 Å². The molecule has 1 fully saturated rings. The highest BCUT2D eigenvalue weighted by Crippen LogP contribution is 2.18. The number of rotatable bonds is 3. The normalized spacial score (nSPS) is 16.2. The molecule has 2 heterocycles. The van der Waals surface area contributed by atoms with Crippen LogP contribution in [0.25, 0.3) is 0 Å². The van der Waals surface area contributed by atoms with Crippen LogP contribution in [0.3, 0.4) is 0 Å². The van der Waals surface area contributed by atoms with Crippen molar-refractivity contribution < 1.29 is 9.59 Å². The van der Waals surface area contributed by atoms with Crippen molar-refractivity contribution in [1.82, 2.24) is 9.88 Å². The van der Waals surface area contributed by atoms with Gasteiger partial charge in [0.05, 0.1) is 6.54 Å². The van der Waals surface area contributed by atoms with E-state index in [4.69, 9.17) is 5.84 Å². The van der Waals surface area contributed by atoms with E-state index in [9.17, 15) is 9.59 Å². The molecule has 0 spiro atoms. The van der Waals surface area contributed by atoms with Gasteiger partial charge in [-0.1, -0.05) is 6.07 Å². The van der Waals surface area contributed by atoms with Crippen LogP contribution in [-0.2, 0) is 16.1 Å². The number of nitrogens with two attached hydrogens (primary N) is 1. The van der Waals surface area contributed by atoms with Gasteiger partial charge < -0.3 is 5.43 Å². The third kappa shape index (κ3) is 2.42. The van der Waals surface area contributed by atoms with Crippen molar-refractivity contribution in [3.8, 4) is 0 Å². The van der Waals surface area contributed by atoms with E-state index in [0.717, 1.165) is 5.56 Å². The molecule has 0 aliphatic carbocycles. The molecule has 1 aliphatic rings. The summed E-state index contributed by atoms with van der Waals surface area (Å²) in [5.74, 6) is 5.55. The minimum atomic E-state index is -0.131. The summed E-state index contributed by atoms with van der Waals surface area (Å²) in [5.41, 5.74) is 3.19. The highest BCUT2D eigenvalue weighted by atomic mass is 16.2. The van der Waals surface area contributed by atoms with Gasteiger partial charge in [-0.2, -0.15) is 0 Å². The molecule has 0 atom stereocenters. The van der Waals surface area contributed by atoms with Gasteiger partial charge in [0, 0.05) is 24.6 Å². The van der Waals surface area contributed by atoms with Crippen LogP contribution < -0.4 is 11.3 Å². The number of nitrogens with zero attached hydrogens (tertiary/aromatic N) is 2. The fourth-order valence-corrected chi connectivity index (χ4v) is 1.84. The van der Waals surface area contributed by atoms with Crippen LogP contribution in [0.15, 0.2) is 18.3 Å². The fraction of sp³-hybridized carbons (Fsp3) is 0.364. The highest BCUT2D eigenvalue weighted by molar-refractivity contribution is 5.97. The van der Waals surface area contributed by atoms with Gasteiger partial charge in [0.15, 0.2) is 0 Å². The average Bonchev–Trinajstić information content (AvgIpc) is 2.34. The molecule has 0 aromatic carbocycles. The molecule has 90 valence electrons. The number of hydrazine groups is 1. The second-order valence-corrected chi connectivity index (χ2v) is 3.88. The molecule has 1 aliphatic heterocycles. The molecule has 0 radical (unpaired) electrons. The number of imide groups is 1. The zero-order valence-electron chi connectivity index (χ0n) is 9.35. The number of aromatic nitrogens is 1. The van der Waals surface area contributed by atoms with Crippen molar-refractivity contribution in [3.05, 3.63) is 23.9 Å². The molecule has 0 bridgehead atoms. The van der Waals surface area contributed by atoms with Crippen LogP contribution in [0.4, 0.5) is 5.82 Å². The molecule has 6 heteroatoms. The lowest BCUT2D eigenvalue weighted by atomic mass is 10.1. The number of piperidine rings is 1. The van der Waals surface area contributed by atoms with E-state index < -0.39 is 0 Å². The summed E-state index contributed by atoms with van der Waals surface area (Å²) in [4.78, 5) is 28.6. The standard InChI is InChI=1S/C11H14N4O2/c12-14-11-8(3-2-6-13-11)7-15-9(16)4-1-5-10(15)17/h2-3,6H,1,4-5,7,12H2,(H,13,14). The highest BCUT2D eigenvalue weighted by Gasteiger charge is 2.26. The minimum Gasteiger partial charge on any atom is -0.308 e. The van der Waals surface area contributed by atoms with E-state index in [0.29, 0.717) is 25.1 Å². The lowest BCUT2D eigenvalue weighted by molar-refractivity contribution is -0.148. The molecule has 0 unspecified atom stereocenters. The number of nitrogens with one attached hydrogen (secondary N) is 1. The zero-order valence-corrected chi connectivity index (χ0v) is 9.35. The quantitative estimate of drug-likeness (QED) is 0.449. The van der Waals surface area contributed by atoms with E-state index in [-0.39, 0.29) is 18.4 Å². The summed E-state index contributed by atoms with van der Waals surface area (Å²) in [5, 5.41) is 0. The Morgan fingerprint density at radius 3 is 2.71 bits per heavy atom. The summed E-state index contributed by atoms with van der Waals surface area (Å²) in [7, 11) is 0. The van der Waals surface area contributed by atoms with Gasteiger partial charge in [-0.15, -0.1) is 0 Å². The molecule has 1 saturated heterocycles. The monoisotopic (exact) mass is 234 g/mol. The van der Waals surface area contributed by atoms with Gasteiger partial charge in [-0.05, 0) is 12.5 Å². The number of anilines is 1. The van der Waals surface area contributed by atoms with Crippen LogP contribution in [0, 0.1) is 0 Å². The largest absolute Gasteiger partial charge is 0.308 e. The summed E-state index contributed by atoms with van der Waals surface area (Å²) >= 11 is 0. The predicted octanol–water partition coefficient (Wildman–Crippen LogP) is 0.406. The maximum absolute atomic E-state index is 11.6. The van der Waals surface area contributed by atoms with E-state index in [1.54, 1.807) is 18.3 Å². The van der Waals surface area contributed by atoms with Crippen molar-refractivity contribution in [1.29, 1.82) is 0 Å². The predicted molar refractivity (Wildman–Crippen MR) is 61.5 cm³/mol. The third-order valence-electron chi connectivity index (χ3n) is 2.74. The van der Waals surface area contributed by atoms with Crippen molar-refractivity contribution in [3.63, 3.8) is 0 Å². The summed E-state index contributed by atoms with van der Waals surface area (Å²) < 4.78 is 0. The minimum absolute atomic E-state index is 0.131. The average molecular weight is 234 g/mol. The Bertz CT molecular complexity index is 431. The van der Waals surface area contributed by atoms with E-state index in [1.807, 2.05) is 0 Å². The first-order chi connectivity index (χ1) is 8.22. The van der Waals surface area contributed by atoms with Gasteiger partial charge in [0.1, 0.15) is 5.82 Å². The molecular formula is C11H14N4O2. The summed E-state index contributed by atoms with van der Waals surface area (Å²) in [6.07, 6.45) is 3.09. The van der Waals surface area contributed by atoms with E-state index >= 15 is 0 Å². The Morgan fingerprint density at radius 1 is 1.35 bits per heavy atom. The van der Waals surface area contributed by atoms with Crippen LogP contribution in [0.1, 0.15) is 24.8 Å². The SMILES string of the molecule is NNc1ncccc1CN1C(=O)CCCC1=O. The zero-order chi connectivity index (χ0) is 12.3. The van der Waals surface area contributed by atoms with Crippen LogP contribution in [-0.4, -0.2) is 21.7 Å². The van der Waals surface area contributed by atoms with Gasteiger partial charge in [-0.3, -0.25) is 14.5 Å². The maximum Gasteiger partial charge on any atom is 0.229 e. The summed E-state index contributed by atoms with van der Waals surface area (Å²) in [6.45, 7) is 0.227. The Labute approximate surface area is 98.8 Å². The maximum atomic E-state index is 11.6. The molecule has 1 aromatic heterocycles. The third-order valence-corrected chi connectivity index (χ3v) is 2.74. The molecule has 2 rings (SSSR count). The number of carbonyl (C=O) groups excluding carboxylic acids is 2. The van der Waals surface area contributed by atoms with Gasteiger partial charge >= 0.3 is 0 Å². The number of likely N-dealkylation sites (tertiary alicyclic amines) is 1. The Balaban J connectivity index is 2.19. The van der Waals surface area contributed by atoms with Gasteiger partial charge in [-0.25, -0.2) is 10.8 Å². The van der Waals surface area contributed by atoms with E-state index in [2.05, 4.69) is 10.4 Å². The summed E-state index contributed by atoms with van der Waals surface area (Å²) in [6, 6.07) is 3.53. The van der Waals surface area contributed by atoms with Crippen molar-refractivity contribution in [2.75, 3.05) is 5.43 Å². The van der Waals surface area contributed by atoms with E-state index in [1.165, 1.54) is 4.90 Å². The molecule has 2 amide bonds. The van der Waals surface area contributed by atoms with Crippen LogP contribution in [0.5, 0.6) is 0 Å². The number of amides is 2. The number of nitrogen functional groups attached to an aromatic ring is 1. The second-order valence-electron chi connectivity index (χ2n) is 3.88. The van der Waals surface area contributed by atoms with Gasteiger partial charge in [0.25, 0.3) is 0 Å². The van der Waals surface area contributed by atoms with Crippen molar-refractivity contribution in [2.24, 2.45) is 5.84 Å². The first-order valence-corrected chi connectivity index (χ1v) is 5.46. The number of carbonyl (C=O) groups is 2. The second kappa shape index (κ2) is 4.92. The number of pyridine rings is 1. The fourth-order valence-electron chi connectivity index (χ4n) is 1.84. The van der Waals surface area contributed by atoms with Crippen molar-refractivity contribution >= 4 is 17.6 Å². The van der Waals surface area contributed by atoms with Crippen molar-refractivity contribution in [2.45, 2.75) is 25.8 Å². The first-order valence-electron chi connectivity index (χ1n) is 5.46. The molecule has 1 aromatic rings. The Hall–Kier alpha value is -1.95. The Kier molecular flexibility index (Phi) is 3.34. The smallest absolute Gasteiger partial charge is 0.229 e. The number of hydrogen-bond acceptors (Lipinski definition) is 5. The molecule has 3 N–H and O–H groups in total. The molecule has 0 saturated carbocycles. The topological polar surface area (TPSA) is 88.3 Å². The lowest BCUT2D eigenvalue weighted by Crippen LogP contribution is -2.39. The first kappa shape index (κ1) is 11.5. The molecule has 6 nitrogen and oxygen atoms in total. The van der Waals surface area contributed by atoms with Gasteiger partial charge in [0.2, 0.25) is 11.8 Å². The molecular weight excluding hydrogens is 220 g/mol. The number of hydrogen-bond donors (Lipinski definition) is 2. The Morgan fingerprint density at radius 2 is 2.06 bits per heavy atom.